The number of nitro benzene ring substituents is 1. The highest BCUT2D eigenvalue weighted by Gasteiger charge is 2.23. The molecular formula is C12H18ClN3O4S. The van der Waals surface area contributed by atoms with Gasteiger partial charge < -0.3 is 5.73 Å². The second kappa shape index (κ2) is 6.69. The zero-order valence-electron chi connectivity index (χ0n) is 12.0. The predicted octanol–water partition coefficient (Wildman–Crippen LogP) is 1.82. The van der Waals surface area contributed by atoms with Crippen LogP contribution in [-0.2, 0) is 10.0 Å². The number of nitrogens with zero attached hydrogens (tertiary/aromatic N) is 1. The minimum atomic E-state index is -3.90. The van der Waals surface area contributed by atoms with Gasteiger partial charge in [0.05, 0.1) is 14.8 Å². The molecule has 3 N–H and O–H groups in total. The lowest BCUT2D eigenvalue weighted by Gasteiger charge is -2.16. The first-order valence-electron chi connectivity index (χ1n) is 6.26. The van der Waals surface area contributed by atoms with Gasteiger partial charge in [-0.3, -0.25) is 10.1 Å². The topological polar surface area (TPSA) is 115 Å². The minimum absolute atomic E-state index is 0.0257. The van der Waals surface area contributed by atoms with E-state index in [0.717, 1.165) is 6.07 Å². The van der Waals surface area contributed by atoms with E-state index in [2.05, 4.69) is 4.72 Å². The molecule has 0 spiro atoms. The molecule has 7 nitrogen and oxygen atoms in total. The fourth-order valence-corrected chi connectivity index (χ4v) is 2.91. The first-order valence-corrected chi connectivity index (χ1v) is 8.12. The summed E-state index contributed by atoms with van der Waals surface area (Å²) in [5.74, 6) is 0.101. The van der Waals surface area contributed by atoms with Gasteiger partial charge in [0.2, 0.25) is 10.0 Å². The van der Waals surface area contributed by atoms with Crippen molar-refractivity contribution in [3.05, 3.63) is 32.8 Å². The smallest absolute Gasteiger partial charge is 0.275 e. The van der Waals surface area contributed by atoms with E-state index in [1.54, 1.807) is 0 Å². The van der Waals surface area contributed by atoms with E-state index in [4.69, 9.17) is 17.3 Å². The number of sulfonamides is 1. The third-order valence-corrected chi connectivity index (χ3v) is 4.96. The molecule has 1 atom stereocenters. The highest BCUT2D eigenvalue weighted by atomic mass is 35.5. The standard InChI is InChI=1S/C12H18ClN3O4S/c1-7(2)11(14)6-15-21(19,20)9-4-10(13)8(3)12(5-9)16(17)18/h4-5,7,11,15H,6,14H2,1-3H3. The molecule has 9 heteroatoms. The molecule has 0 saturated carbocycles. The molecule has 118 valence electrons. The van der Waals surface area contributed by atoms with Gasteiger partial charge in [0.25, 0.3) is 5.69 Å². The van der Waals surface area contributed by atoms with Crippen LogP contribution in [0.1, 0.15) is 19.4 Å². The maximum absolute atomic E-state index is 12.1. The Hall–Kier alpha value is -1.22. The molecule has 0 bridgehead atoms. The summed E-state index contributed by atoms with van der Waals surface area (Å²) >= 11 is 5.86. The molecule has 21 heavy (non-hydrogen) atoms. The van der Waals surface area contributed by atoms with E-state index in [0.29, 0.717) is 0 Å². The molecular weight excluding hydrogens is 318 g/mol. The first-order chi connectivity index (χ1) is 9.56. The SMILES string of the molecule is Cc1c(Cl)cc(S(=O)(=O)NCC(N)C(C)C)cc1[N+](=O)[O-]. The summed E-state index contributed by atoms with van der Waals surface area (Å²) in [5, 5.41) is 10.9. The summed E-state index contributed by atoms with van der Waals surface area (Å²) in [6.45, 7) is 5.23. The van der Waals surface area contributed by atoms with E-state index in [1.165, 1.54) is 13.0 Å². The lowest BCUT2D eigenvalue weighted by molar-refractivity contribution is -0.385. The molecule has 0 aliphatic rings. The van der Waals surface area contributed by atoms with Gasteiger partial charge in [-0.2, -0.15) is 0 Å². The van der Waals surface area contributed by atoms with Crippen LogP contribution in [0.2, 0.25) is 5.02 Å². The van der Waals surface area contributed by atoms with Gasteiger partial charge >= 0.3 is 0 Å². The molecule has 0 aliphatic carbocycles. The highest BCUT2D eigenvalue weighted by molar-refractivity contribution is 7.89. The van der Waals surface area contributed by atoms with Crippen LogP contribution in [-0.4, -0.2) is 25.9 Å². The first kappa shape index (κ1) is 17.8. The van der Waals surface area contributed by atoms with Crippen molar-refractivity contribution in [1.82, 2.24) is 4.72 Å². The summed E-state index contributed by atoms with van der Waals surface area (Å²) in [4.78, 5) is 10.0. The molecule has 0 aromatic heterocycles. The third kappa shape index (κ3) is 4.37. The quantitative estimate of drug-likeness (QED) is 0.607. The molecule has 1 aromatic carbocycles. The number of rotatable bonds is 6. The third-order valence-electron chi connectivity index (χ3n) is 3.16. The van der Waals surface area contributed by atoms with Gasteiger partial charge in [-0.25, -0.2) is 13.1 Å². The average Bonchev–Trinajstić information content (AvgIpc) is 2.38. The van der Waals surface area contributed by atoms with Crippen LogP contribution in [0.15, 0.2) is 17.0 Å². The van der Waals surface area contributed by atoms with Gasteiger partial charge in [0.15, 0.2) is 0 Å². The largest absolute Gasteiger partial charge is 0.326 e. The van der Waals surface area contributed by atoms with Crippen molar-refractivity contribution in [3.8, 4) is 0 Å². The summed E-state index contributed by atoms with van der Waals surface area (Å²) in [7, 11) is -3.90. The Kier molecular flexibility index (Phi) is 5.68. The van der Waals surface area contributed by atoms with Gasteiger partial charge in [-0.05, 0) is 18.9 Å². The second-order valence-corrected chi connectivity index (χ2v) is 7.24. The Morgan fingerprint density at radius 3 is 2.48 bits per heavy atom. The number of hydrogen-bond acceptors (Lipinski definition) is 5. The van der Waals surface area contributed by atoms with E-state index in [1.807, 2.05) is 13.8 Å². The summed E-state index contributed by atoms with van der Waals surface area (Å²) in [6.07, 6.45) is 0. The zero-order valence-corrected chi connectivity index (χ0v) is 13.5. The number of halogens is 1. The molecule has 0 heterocycles. The Balaban J connectivity index is 3.12. The molecule has 0 saturated heterocycles. The number of hydrogen-bond donors (Lipinski definition) is 2. The van der Waals surface area contributed by atoms with Crippen molar-refractivity contribution in [2.45, 2.75) is 31.7 Å². The van der Waals surface area contributed by atoms with E-state index in [-0.39, 0.29) is 39.7 Å². The second-order valence-electron chi connectivity index (χ2n) is 5.07. The molecule has 0 radical (unpaired) electrons. The van der Waals surface area contributed by atoms with Gasteiger partial charge in [0, 0.05) is 24.2 Å². The predicted molar refractivity (Wildman–Crippen MR) is 80.8 cm³/mol. The van der Waals surface area contributed by atoms with E-state index < -0.39 is 14.9 Å². The molecule has 0 amide bonds. The minimum Gasteiger partial charge on any atom is -0.326 e. The highest BCUT2D eigenvalue weighted by Crippen LogP contribution is 2.29. The Morgan fingerprint density at radius 1 is 1.43 bits per heavy atom. The summed E-state index contributed by atoms with van der Waals surface area (Å²) < 4.78 is 26.6. The van der Waals surface area contributed by atoms with Crippen LogP contribution < -0.4 is 10.5 Å². The number of benzene rings is 1. The number of nitrogens with one attached hydrogen (secondary N) is 1. The van der Waals surface area contributed by atoms with Crippen LogP contribution >= 0.6 is 11.6 Å². The average molecular weight is 336 g/mol. The maximum atomic E-state index is 12.1. The fourth-order valence-electron chi connectivity index (χ4n) is 1.51. The lowest BCUT2D eigenvalue weighted by Crippen LogP contribution is -2.40. The van der Waals surface area contributed by atoms with Crippen LogP contribution in [0.5, 0.6) is 0 Å². The van der Waals surface area contributed by atoms with Crippen LogP contribution in [0, 0.1) is 23.0 Å². The molecule has 1 unspecified atom stereocenters. The van der Waals surface area contributed by atoms with Crippen molar-refractivity contribution < 1.29 is 13.3 Å². The Bertz CT molecular complexity index is 646. The van der Waals surface area contributed by atoms with Crippen LogP contribution in [0.3, 0.4) is 0 Å². The van der Waals surface area contributed by atoms with Crippen LogP contribution in [0.25, 0.3) is 0 Å². The summed E-state index contributed by atoms with van der Waals surface area (Å²) in [6, 6.07) is 1.83. The maximum Gasteiger partial charge on any atom is 0.275 e. The van der Waals surface area contributed by atoms with Gasteiger partial charge in [-0.15, -0.1) is 0 Å². The van der Waals surface area contributed by atoms with Gasteiger partial charge in [0.1, 0.15) is 0 Å². The lowest BCUT2D eigenvalue weighted by atomic mass is 10.1. The van der Waals surface area contributed by atoms with Crippen molar-refractivity contribution in [2.24, 2.45) is 11.7 Å². The van der Waals surface area contributed by atoms with Crippen molar-refractivity contribution >= 4 is 27.3 Å². The zero-order chi connectivity index (χ0) is 16.4. The van der Waals surface area contributed by atoms with Crippen molar-refractivity contribution in [1.29, 1.82) is 0 Å². The monoisotopic (exact) mass is 335 g/mol. The van der Waals surface area contributed by atoms with Gasteiger partial charge in [-0.1, -0.05) is 25.4 Å². The number of nitro groups is 1. The fraction of sp³-hybridized carbons (Fsp3) is 0.500. The molecule has 0 aliphatic heterocycles. The molecule has 1 rings (SSSR count). The van der Waals surface area contributed by atoms with Crippen molar-refractivity contribution in [3.63, 3.8) is 0 Å². The van der Waals surface area contributed by atoms with Crippen molar-refractivity contribution in [2.75, 3.05) is 6.54 Å². The molecule has 0 fully saturated rings. The normalized spacial score (nSPS) is 13.4. The summed E-state index contributed by atoms with van der Waals surface area (Å²) in [5.41, 5.74) is 5.66. The molecule has 1 aromatic rings. The Labute approximate surface area is 128 Å². The van der Waals surface area contributed by atoms with E-state index in [9.17, 15) is 18.5 Å². The Morgan fingerprint density at radius 2 is 2.00 bits per heavy atom. The van der Waals surface area contributed by atoms with Crippen LogP contribution in [0.4, 0.5) is 5.69 Å². The van der Waals surface area contributed by atoms with E-state index >= 15 is 0 Å². The number of nitrogens with two attached hydrogens (primary N) is 1.